The summed E-state index contributed by atoms with van der Waals surface area (Å²) < 4.78 is 5.19. The Kier molecular flexibility index (Phi) is 13.1. The molecule has 0 radical (unpaired) electrons. The number of carbonyl (C=O) groups excluding carboxylic acids is 2. The Morgan fingerprint density at radius 3 is 2.78 bits per heavy atom. The monoisotopic (exact) mass is 514 g/mol. The lowest BCUT2D eigenvalue weighted by Gasteiger charge is -2.23. The molecule has 1 aromatic carbocycles. The number of rotatable bonds is 16. The zero-order valence-electron chi connectivity index (χ0n) is 21.5. The van der Waals surface area contributed by atoms with Crippen molar-refractivity contribution in [3.8, 4) is 12.1 Å². The first-order valence-corrected chi connectivity index (χ1v) is 13.5. The minimum atomic E-state index is -0.893. The molecule has 3 atom stereocenters. The van der Waals surface area contributed by atoms with E-state index in [0.29, 0.717) is 19.5 Å². The summed E-state index contributed by atoms with van der Waals surface area (Å²) in [6, 6.07) is 12.2. The van der Waals surface area contributed by atoms with Gasteiger partial charge in [-0.3, -0.25) is 9.59 Å². The molecule has 9 nitrogen and oxygen atoms in total. The second-order valence-corrected chi connectivity index (χ2v) is 9.98. The number of amides is 2. The van der Waals surface area contributed by atoms with Gasteiger partial charge in [-0.15, -0.1) is 11.8 Å². The minimum Gasteiger partial charge on any atom is -0.385 e. The van der Waals surface area contributed by atoms with Crippen molar-refractivity contribution < 1.29 is 14.3 Å². The second kappa shape index (κ2) is 16.1. The Morgan fingerprint density at radius 2 is 2.11 bits per heavy atom. The van der Waals surface area contributed by atoms with Crippen LogP contribution in [0.4, 0.5) is 5.69 Å². The van der Waals surface area contributed by atoms with Gasteiger partial charge in [0.05, 0.1) is 29.4 Å². The molecule has 1 aliphatic rings. The van der Waals surface area contributed by atoms with Crippen molar-refractivity contribution in [3.05, 3.63) is 29.8 Å². The molecular weight excluding hydrogens is 476 g/mol. The predicted octanol–water partition coefficient (Wildman–Crippen LogP) is 2.46. The largest absolute Gasteiger partial charge is 0.385 e. The van der Waals surface area contributed by atoms with Crippen LogP contribution in [0.25, 0.3) is 0 Å². The van der Waals surface area contributed by atoms with E-state index in [2.05, 4.69) is 34.6 Å². The zero-order chi connectivity index (χ0) is 26.3. The number of hydrogen-bond acceptors (Lipinski definition) is 8. The van der Waals surface area contributed by atoms with Gasteiger partial charge in [-0.05, 0) is 44.0 Å². The average molecular weight is 515 g/mol. The lowest BCUT2D eigenvalue weighted by atomic mass is 10.1. The van der Waals surface area contributed by atoms with E-state index in [4.69, 9.17) is 10.00 Å². The fourth-order valence-electron chi connectivity index (χ4n) is 4.17. The number of benzene rings is 1. The quantitative estimate of drug-likeness (QED) is 0.323. The molecule has 1 aliphatic heterocycles. The van der Waals surface area contributed by atoms with E-state index in [0.717, 1.165) is 38.3 Å². The van der Waals surface area contributed by atoms with E-state index < -0.39 is 11.8 Å². The number of ether oxygens (including phenoxy) is 1. The minimum absolute atomic E-state index is 0.0490. The van der Waals surface area contributed by atoms with Crippen molar-refractivity contribution in [2.75, 3.05) is 58.3 Å². The Bertz CT molecular complexity index is 931. The summed E-state index contributed by atoms with van der Waals surface area (Å²) in [5, 5.41) is 23.5. The highest BCUT2D eigenvalue weighted by Crippen LogP contribution is 2.36. The number of nitrogens with zero attached hydrogens (tertiary/aromatic N) is 4. The Morgan fingerprint density at radius 1 is 1.31 bits per heavy atom. The maximum Gasteiger partial charge on any atom is 0.238 e. The Hall–Kier alpha value is -2.79. The van der Waals surface area contributed by atoms with Gasteiger partial charge in [0, 0.05) is 45.4 Å². The standard InChI is InChI=1S/C26H38N6O3S/c1-4-31(15-16-35-3)14-10-20-7-6-8-22(17-20)29-12-9-23-26(34)32(5-2)24(36-23)18-21(19-28)25(33)30-13-11-27/h6-8,17,21,23-24,29H,4-5,9-10,12-16,18H2,1-3H3,(H,30,33). The number of anilines is 1. The van der Waals surface area contributed by atoms with Crippen molar-refractivity contribution >= 4 is 29.3 Å². The molecule has 1 fully saturated rings. The number of carbonyl (C=O) groups is 2. The molecule has 2 rings (SSSR count). The molecule has 0 aliphatic carbocycles. The first-order chi connectivity index (χ1) is 17.5. The van der Waals surface area contributed by atoms with E-state index in [9.17, 15) is 14.9 Å². The van der Waals surface area contributed by atoms with Gasteiger partial charge in [-0.25, -0.2) is 0 Å². The lowest BCUT2D eigenvalue weighted by Crippen LogP contribution is -2.38. The number of nitrogens with one attached hydrogen (secondary N) is 2. The second-order valence-electron chi connectivity index (χ2n) is 8.59. The van der Waals surface area contributed by atoms with Crippen LogP contribution >= 0.6 is 11.8 Å². The fourth-order valence-corrected chi connectivity index (χ4v) is 5.76. The Labute approximate surface area is 219 Å². The van der Waals surface area contributed by atoms with Crippen LogP contribution in [-0.4, -0.2) is 85.2 Å². The van der Waals surface area contributed by atoms with E-state index in [1.165, 1.54) is 17.3 Å². The predicted molar refractivity (Wildman–Crippen MR) is 142 cm³/mol. The molecule has 0 bridgehead atoms. The SMILES string of the molecule is CCN(CCOC)CCc1cccc(NCCC2SC(CC(C#N)C(=O)NCC#N)N(CC)C2=O)c1. The van der Waals surface area contributed by atoms with Gasteiger partial charge in [0.15, 0.2) is 0 Å². The molecule has 10 heteroatoms. The molecule has 3 unspecified atom stereocenters. The van der Waals surface area contributed by atoms with Crippen molar-refractivity contribution in [2.45, 2.75) is 43.7 Å². The maximum absolute atomic E-state index is 12.9. The molecule has 196 valence electrons. The molecule has 1 aromatic rings. The van der Waals surface area contributed by atoms with Crippen LogP contribution in [0.1, 0.15) is 32.3 Å². The van der Waals surface area contributed by atoms with E-state index in [1.807, 2.05) is 31.2 Å². The highest BCUT2D eigenvalue weighted by Gasteiger charge is 2.40. The third-order valence-electron chi connectivity index (χ3n) is 6.26. The van der Waals surface area contributed by atoms with E-state index in [1.54, 1.807) is 12.0 Å². The highest BCUT2D eigenvalue weighted by molar-refractivity contribution is 8.01. The van der Waals surface area contributed by atoms with Crippen molar-refractivity contribution in [1.82, 2.24) is 15.1 Å². The maximum atomic E-state index is 12.9. The number of likely N-dealkylation sites (N-methyl/N-ethyl adjacent to an activating group) is 1. The van der Waals surface area contributed by atoms with Gasteiger partial charge in [0.1, 0.15) is 12.5 Å². The van der Waals surface area contributed by atoms with Crippen LogP contribution in [0.2, 0.25) is 0 Å². The Balaban J connectivity index is 1.87. The van der Waals surface area contributed by atoms with Gasteiger partial charge >= 0.3 is 0 Å². The number of methoxy groups -OCH3 is 1. The summed E-state index contributed by atoms with van der Waals surface area (Å²) in [5.41, 5.74) is 2.29. The molecule has 0 spiro atoms. The molecular formula is C26H38N6O3S. The lowest BCUT2D eigenvalue weighted by molar-refractivity contribution is -0.131. The number of thioether (sulfide) groups is 1. The summed E-state index contributed by atoms with van der Waals surface area (Å²) in [6.45, 7) is 8.73. The number of hydrogen-bond donors (Lipinski definition) is 2. The first-order valence-electron chi connectivity index (χ1n) is 12.5. The van der Waals surface area contributed by atoms with Crippen molar-refractivity contribution in [3.63, 3.8) is 0 Å². The normalized spacial score (nSPS) is 18.1. The molecule has 0 saturated carbocycles. The van der Waals surface area contributed by atoms with Crippen LogP contribution in [0.5, 0.6) is 0 Å². The fraction of sp³-hybridized carbons (Fsp3) is 0.615. The van der Waals surface area contributed by atoms with Gasteiger partial charge in [-0.2, -0.15) is 10.5 Å². The smallest absolute Gasteiger partial charge is 0.238 e. The zero-order valence-corrected chi connectivity index (χ0v) is 22.4. The summed E-state index contributed by atoms with van der Waals surface area (Å²) in [5.74, 6) is -1.31. The van der Waals surface area contributed by atoms with Gasteiger partial charge in [0.2, 0.25) is 11.8 Å². The van der Waals surface area contributed by atoms with E-state index in [-0.39, 0.29) is 29.5 Å². The molecule has 1 saturated heterocycles. The third-order valence-corrected chi connectivity index (χ3v) is 7.78. The van der Waals surface area contributed by atoms with Crippen molar-refractivity contribution in [1.29, 1.82) is 10.5 Å². The molecule has 36 heavy (non-hydrogen) atoms. The van der Waals surface area contributed by atoms with Gasteiger partial charge in [-0.1, -0.05) is 19.1 Å². The molecule has 1 heterocycles. The summed E-state index contributed by atoms with van der Waals surface area (Å²) in [7, 11) is 1.72. The highest BCUT2D eigenvalue weighted by atomic mass is 32.2. The average Bonchev–Trinajstić information content (AvgIpc) is 3.19. The van der Waals surface area contributed by atoms with Crippen LogP contribution in [0.15, 0.2) is 24.3 Å². The van der Waals surface area contributed by atoms with E-state index >= 15 is 0 Å². The van der Waals surface area contributed by atoms with Crippen LogP contribution in [-0.2, 0) is 20.7 Å². The first kappa shape index (κ1) is 29.4. The third kappa shape index (κ3) is 9.02. The summed E-state index contributed by atoms with van der Waals surface area (Å²) in [4.78, 5) is 29.2. The summed E-state index contributed by atoms with van der Waals surface area (Å²) >= 11 is 1.52. The van der Waals surface area contributed by atoms with Gasteiger partial charge < -0.3 is 25.2 Å². The topological polar surface area (TPSA) is 121 Å². The molecule has 0 aromatic heterocycles. The molecule has 2 amide bonds. The van der Waals surface area contributed by atoms with Gasteiger partial charge in [0.25, 0.3) is 0 Å². The molecule has 2 N–H and O–H groups in total. The van der Waals surface area contributed by atoms with Crippen LogP contribution < -0.4 is 10.6 Å². The van der Waals surface area contributed by atoms with Crippen LogP contribution in [0, 0.1) is 28.6 Å². The van der Waals surface area contributed by atoms with Crippen molar-refractivity contribution in [2.24, 2.45) is 5.92 Å². The van der Waals surface area contributed by atoms with Crippen LogP contribution in [0.3, 0.4) is 0 Å². The number of nitriles is 2. The summed E-state index contributed by atoms with van der Waals surface area (Å²) in [6.07, 6.45) is 1.86.